The molecule has 0 fully saturated rings. The quantitative estimate of drug-likeness (QED) is 0.218. The fourth-order valence-electron chi connectivity index (χ4n) is 4.52. The van der Waals surface area contributed by atoms with Crippen molar-refractivity contribution in [2.75, 3.05) is 27.4 Å². The number of esters is 2. The third kappa shape index (κ3) is 7.15. The number of nitrogens with zero attached hydrogens (tertiary/aromatic N) is 2. The van der Waals surface area contributed by atoms with E-state index in [9.17, 15) is 14.4 Å². The number of ether oxygens (including phenoxy) is 5. The number of fused-ring (bicyclic) bond motifs is 1. The molecule has 13 heteroatoms. The molecule has 2 aromatic carbocycles. The molecular formula is C30H30BrIN2O8S. The number of aromatic nitrogens is 1. The smallest absolute Gasteiger partial charge is 0.344 e. The summed E-state index contributed by atoms with van der Waals surface area (Å²) in [7, 11) is 3.03. The van der Waals surface area contributed by atoms with E-state index in [0.29, 0.717) is 47.0 Å². The van der Waals surface area contributed by atoms with Gasteiger partial charge in [-0.15, -0.1) is 0 Å². The van der Waals surface area contributed by atoms with Crippen molar-refractivity contribution in [2.24, 2.45) is 4.99 Å². The number of carbonyl (C=O) groups is 2. The first-order valence-corrected chi connectivity index (χ1v) is 15.9. The molecule has 10 nitrogen and oxygen atoms in total. The second kappa shape index (κ2) is 14.1. The van der Waals surface area contributed by atoms with Crippen molar-refractivity contribution >= 4 is 67.9 Å². The number of benzene rings is 2. The van der Waals surface area contributed by atoms with Gasteiger partial charge in [0, 0.05) is 10.0 Å². The zero-order valence-corrected chi connectivity index (χ0v) is 28.9. The molecule has 228 valence electrons. The standard InChI is InChI=1S/C30H30BrIN2O8S/c1-7-40-24(35)14-41-27-20(32)10-17(11-22(27)39-6)12-23-28(36)34-26(19-13-18(31)8-9-21(19)38-5)25(29(37)42-15(2)3)16(4)33-30(34)43-23/h8-13,15,26H,7,14H2,1-6H3/b23-12-/t26-/m1/s1. The van der Waals surface area contributed by atoms with E-state index < -0.39 is 18.0 Å². The predicted molar refractivity (Wildman–Crippen MR) is 174 cm³/mol. The summed E-state index contributed by atoms with van der Waals surface area (Å²) in [5.41, 5.74) is 1.64. The van der Waals surface area contributed by atoms with Gasteiger partial charge < -0.3 is 23.7 Å². The molecule has 0 N–H and O–H groups in total. The molecule has 0 amide bonds. The van der Waals surface area contributed by atoms with Gasteiger partial charge >= 0.3 is 11.9 Å². The fraction of sp³-hybridized carbons (Fsp3) is 0.333. The highest BCUT2D eigenvalue weighted by Gasteiger charge is 2.35. The number of halogens is 2. The van der Waals surface area contributed by atoms with Crippen LogP contribution in [0.5, 0.6) is 17.2 Å². The van der Waals surface area contributed by atoms with Crippen molar-refractivity contribution in [2.45, 2.75) is 39.8 Å². The minimum absolute atomic E-state index is 0.252. The van der Waals surface area contributed by atoms with E-state index in [1.165, 1.54) is 30.1 Å². The number of hydrogen-bond donors (Lipinski definition) is 0. The van der Waals surface area contributed by atoms with Gasteiger partial charge in [-0.05, 0) is 92.3 Å². The van der Waals surface area contributed by atoms with Crippen molar-refractivity contribution in [3.63, 3.8) is 0 Å². The summed E-state index contributed by atoms with van der Waals surface area (Å²) in [6.45, 7) is 6.96. The molecular weight excluding hydrogens is 755 g/mol. The number of rotatable bonds is 10. The van der Waals surface area contributed by atoms with Crippen molar-refractivity contribution in [1.82, 2.24) is 4.57 Å². The van der Waals surface area contributed by atoms with Crippen LogP contribution in [-0.2, 0) is 19.1 Å². The molecule has 2 heterocycles. The summed E-state index contributed by atoms with van der Waals surface area (Å²) in [6.07, 6.45) is 1.36. The Morgan fingerprint density at radius 3 is 2.53 bits per heavy atom. The first-order chi connectivity index (χ1) is 20.5. The largest absolute Gasteiger partial charge is 0.496 e. The minimum Gasteiger partial charge on any atom is -0.496 e. The van der Waals surface area contributed by atoms with Gasteiger partial charge in [0.1, 0.15) is 11.8 Å². The average Bonchev–Trinajstić information content (AvgIpc) is 3.24. The first kappa shape index (κ1) is 32.7. The van der Waals surface area contributed by atoms with Gasteiger partial charge in [0.25, 0.3) is 5.56 Å². The molecule has 0 bridgehead atoms. The van der Waals surface area contributed by atoms with Crippen LogP contribution >= 0.6 is 49.9 Å². The third-order valence-electron chi connectivity index (χ3n) is 6.26. The Kier molecular flexibility index (Phi) is 10.7. The maximum absolute atomic E-state index is 14.1. The van der Waals surface area contributed by atoms with Gasteiger partial charge in [0.2, 0.25) is 0 Å². The van der Waals surface area contributed by atoms with Crippen LogP contribution < -0.4 is 29.1 Å². The lowest BCUT2D eigenvalue weighted by Gasteiger charge is -2.26. The van der Waals surface area contributed by atoms with Crippen LogP contribution in [-0.4, -0.2) is 50.0 Å². The van der Waals surface area contributed by atoms with E-state index in [1.54, 1.807) is 45.9 Å². The van der Waals surface area contributed by atoms with Crippen LogP contribution in [0.25, 0.3) is 6.08 Å². The summed E-state index contributed by atoms with van der Waals surface area (Å²) in [5, 5.41) is 0. The molecule has 1 aliphatic rings. The Balaban J connectivity index is 1.88. The van der Waals surface area contributed by atoms with Gasteiger partial charge in [-0.2, -0.15) is 0 Å². The molecule has 43 heavy (non-hydrogen) atoms. The van der Waals surface area contributed by atoms with Crippen molar-refractivity contribution in [3.8, 4) is 17.2 Å². The molecule has 1 aliphatic heterocycles. The van der Waals surface area contributed by atoms with E-state index >= 15 is 0 Å². The maximum atomic E-state index is 14.1. The Morgan fingerprint density at radius 1 is 1.16 bits per heavy atom. The Labute approximate surface area is 274 Å². The van der Waals surface area contributed by atoms with Crippen LogP contribution in [0.2, 0.25) is 0 Å². The molecule has 0 radical (unpaired) electrons. The zero-order valence-electron chi connectivity index (χ0n) is 24.4. The summed E-state index contributed by atoms with van der Waals surface area (Å²) >= 11 is 6.80. The van der Waals surface area contributed by atoms with Crippen molar-refractivity contribution in [1.29, 1.82) is 0 Å². The predicted octanol–water partition coefficient (Wildman–Crippen LogP) is 4.51. The van der Waals surface area contributed by atoms with E-state index in [2.05, 4.69) is 43.5 Å². The first-order valence-electron chi connectivity index (χ1n) is 13.2. The minimum atomic E-state index is -0.842. The number of allylic oxidation sites excluding steroid dienone is 1. The highest BCUT2D eigenvalue weighted by atomic mass is 127. The fourth-order valence-corrected chi connectivity index (χ4v) is 6.73. The van der Waals surface area contributed by atoms with E-state index in [1.807, 2.05) is 18.2 Å². The lowest BCUT2D eigenvalue weighted by atomic mass is 9.95. The van der Waals surface area contributed by atoms with Gasteiger partial charge in [-0.25, -0.2) is 14.6 Å². The Hall–Kier alpha value is -3.17. The second-order valence-electron chi connectivity index (χ2n) is 9.55. The summed E-state index contributed by atoms with van der Waals surface area (Å²) in [4.78, 5) is 44.4. The molecule has 1 atom stereocenters. The van der Waals surface area contributed by atoms with E-state index in [4.69, 9.17) is 23.7 Å². The lowest BCUT2D eigenvalue weighted by Crippen LogP contribution is -2.40. The van der Waals surface area contributed by atoms with Gasteiger partial charge in [0.15, 0.2) is 22.9 Å². The topological polar surface area (TPSA) is 115 Å². The number of carbonyl (C=O) groups excluding carboxylic acids is 2. The molecule has 0 aliphatic carbocycles. The molecule has 1 aromatic heterocycles. The number of hydrogen-bond acceptors (Lipinski definition) is 10. The zero-order chi connectivity index (χ0) is 31.4. The summed E-state index contributed by atoms with van der Waals surface area (Å²) in [6, 6.07) is 8.11. The lowest BCUT2D eigenvalue weighted by molar-refractivity contribution is -0.145. The number of thiazole rings is 1. The van der Waals surface area contributed by atoms with Crippen LogP contribution in [0.4, 0.5) is 0 Å². The summed E-state index contributed by atoms with van der Waals surface area (Å²) < 4.78 is 30.7. The van der Waals surface area contributed by atoms with Gasteiger partial charge in [-0.1, -0.05) is 27.3 Å². The molecule has 4 rings (SSSR count). The van der Waals surface area contributed by atoms with Crippen molar-refractivity contribution < 1.29 is 33.3 Å². The highest BCUT2D eigenvalue weighted by molar-refractivity contribution is 14.1. The molecule has 0 spiro atoms. The Bertz CT molecular complexity index is 1780. The van der Waals surface area contributed by atoms with Crippen LogP contribution in [0, 0.1) is 3.57 Å². The average molecular weight is 785 g/mol. The molecule has 0 saturated heterocycles. The third-order valence-corrected chi connectivity index (χ3v) is 8.54. The van der Waals surface area contributed by atoms with Crippen LogP contribution in [0.1, 0.15) is 44.9 Å². The van der Waals surface area contributed by atoms with Crippen LogP contribution in [0.3, 0.4) is 0 Å². The maximum Gasteiger partial charge on any atom is 0.344 e. The second-order valence-corrected chi connectivity index (χ2v) is 12.6. The Morgan fingerprint density at radius 2 is 1.88 bits per heavy atom. The van der Waals surface area contributed by atoms with Gasteiger partial charge in [0.05, 0.1) is 46.3 Å². The normalized spacial score (nSPS) is 14.7. The van der Waals surface area contributed by atoms with E-state index in [-0.39, 0.29) is 30.5 Å². The monoisotopic (exact) mass is 784 g/mol. The van der Waals surface area contributed by atoms with Crippen LogP contribution in [0.15, 0.2) is 55.9 Å². The molecule has 0 saturated carbocycles. The number of methoxy groups -OCH3 is 2. The van der Waals surface area contributed by atoms with Crippen molar-refractivity contribution in [3.05, 3.63) is 80.5 Å². The molecule has 3 aromatic rings. The van der Waals surface area contributed by atoms with Gasteiger partial charge in [-0.3, -0.25) is 9.36 Å². The summed E-state index contributed by atoms with van der Waals surface area (Å²) in [5.74, 6) is 0.233. The molecule has 0 unspecified atom stereocenters. The SMILES string of the molecule is CCOC(=O)COc1c(I)cc(/C=c2\sc3n(c2=O)[C@H](c2cc(Br)ccc2OC)C(C(=O)OC(C)C)=C(C)N=3)cc1OC. The van der Waals surface area contributed by atoms with E-state index in [0.717, 1.165) is 4.47 Å². The highest BCUT2D eigenvalue weighted by Crippen LogP contribution is 2.38.